The van der Waals surface area contributed by atoms with Crippen LogP contribution in [-0.4, -0.2) is 16.1 Å². The second-order valence-electron chi connectivity index (χ2n) is 3.78. The van der Waals surface area contributed by atoms with Gasteiger partial charge in [-0.25, -0.2) is 4.98 Å². The Morgan fingerprint density at radius 2 is 2.00 bits per heavy atom. The van der Waals surface area contributed by atoms with Gasteiger partial charge in [0.1, 0.15) is 5.82 Å². The van der Waals surface area contributed by atoms with Crippen molar-refractivity contribution in [1.82, 2.24) is 4.98 Å². The molecular formula is C14H12N4O2. The summed E-state index contributed by atoms with van der Waals surface area (Å²) in [4.78, 5) is 14.4. The van der Waals surface area contributed by atoms with Gasteiger partial charge in [-0.1, -0.05) is 18.2 Å². The molecule has 1 aromatic carbocycles. The Hall–Kier alpha value is -3.02. The summed E-state index contributed by atoms with van der Waals surface area (Å²) in [5.41, 5.74) is 3.34. The second-order valence-corrected chi connectivity index (χ2v) is 3.78. The van der Waals surface area contributed by atoms with Gasteiger partial charge in [-0.05, 0) is 30.4 Å². The number of rotatable bonds is 5. The second kappa shape index (κ2) is 6.79. The molecule has 0 fully saturated rings. The third kappa shape index (κ3) is 3.74. The van der Waals surface area contributed by atoms with E-state index < -0.39 is 4.92 Å². The van der Waals surface area contributed by atoms with E-state index in [2.05, 4.69) is 15.5 Å². The van der Waals surface area contributed by atoms with Crippen molar-refractivity contribution in [2.45, 2.75) is 0 Å². The number of anilines is 1. The highest BCUT2D eigenvalue weighted by Crippen LogP contribution is 2.18. The van der Waals surface area contributed by atoms with Gasteiger partial charge in [0, 0.05) is 18.5 Å². The van der Waals surface area contributed by atoms with Crippen LogP contribution in [0.25, 0.3) is 6.08 Å². The highest BCUT2D eigenvalue weighted by molar-refractivity contribution is 5.80. The molecule has 100 valence electrons. The molecule has 0 aliphatic rings. The first-order chi connectivity index (χ1) is 9.77. The van der Waals surface area contributed by atoms with E-state index in [1.165, 1.54) is 12.3 Å². The minimum absolute atomic E-state index is 0.0647. The van der Waals surface area contributed by atoms with Crippen LogP contribution in [0.4, 0.5) is 11.5 Å². The van der Waals surface area contributed by atoms with E-state index in [1.807, 2.05) is 12.1 Å². The molecular weight excluding hydrogens is 256 g/mol. The average Bonchev–Trinajstić information content (AvgIpc) is 2.48. The van der Waals surface area contributed by atoms with Crippen molar-refractivity contribution in [1.29, 1.82) is 0 Å². The van der Waals surface area contributed by atoms with E-state index >= 15 is 0 Å². The molecule has 1 heterocycles. The highest BCUT2D eigenvalue weighted by atomic mass is 16.6. The number of hydrogen-bond donors (Lipinski definition) is 1. The van der Waals surface area contributed by atoms with E-state index in [-0.39, 0.29) is 5.69 Å². The Balaban J connectivity index is 1.99. The molecule has 0 radical (unpaired) electrons. The van der Waals surface area contributed by atoms with E-state index in [0.717, 1.165) is 0 Å². The summed E-state index contributed by atoms with van der Waals surface area (Å²) in [7, 11) is 0. The van der Waals surface area contributed by atoms with Crippen molar-refractivity contribution in [3.05, 3.63) is 70.4 Å². The smallest absolute Gasteiger partial charge is 0.261 e. The van der Waals surface area contributed by atoms with Crippen LogP contribution < -0.4 is 5.43 Å². The van der Waals surface area contributed by atoms with Crippen LogP contribution in [0, 0.1) is 10.1 Å². The van der Waals surface area contributed by atoms with E-state index in [0.29, 0.717) is 11.4 Å². The molecule has 1 N–H and O–H groups in total. The molecule has 0 aliphatic heterocycles. The van der Waals surface area contributed by atoms with Crippen molar-refractivity contribution < 1.29 is 4.92 Å². The van der Waals surface area contributed by atoms with Crippen LogP contribution in [-0.2, 0) is 0 Å². The summed E-state index contributed by atoms with van der Waals surface area (Å²) in [6, 6.07) is 11.9. The lowest BCUT2D eigenvalue weighted by molar-refractivity contribution is -0.385. The summed E-state index contributed by atoms with van der Waals surface area (Å²) in [6.07, 6.45) is 6.41. The molecule has 0 saturated heterocycles. The van der Waals surface area contributed by atoms with Gasteiger partial charge in [-0.15, -0.1) is 0 Å². The largest absolute Gasteiger partial charge is 0.276 e. The quantitative estimate of drug-likeness (QED) is 0.513. The molecule has 0 aliphatic carbocycles. The number of para-hydroxylation sites is 1. The standard InChI is InChI=1S/C14H12N4O2/c19-18(20)13-8-2-1-6-12(13)7-5-11-16-17-14-9-3-4-10-15-14/h1-11H,(H,15,17). The van der Waals surface area contributed by atoms with Crippen molar-refractivity contribution in [3.63, 3.8) is 0 Å². The van der Waals surface area contributed by atoms with Crippen LogP contribution in [0.5, 0.6) is 0 Å². The van der Waals surface area contributed by atoms with Crippen LogP contribution >= 0.6 is 0 Å². The predicted octanol–water partition coefficient (Wildman–Crippen LogP) is 3.10. The molecule has 0 atom stereocenters. The maximum absolute atomic E-state index is 10.8. The average molecular weight is 268 g/mol. The SMILES string of the molecule is O=[N+]([O-])c1ccccc1C=CC=NNc1ccccn1. The van der Waals surface area contributed by atoms with Crippen LogP contribution in [0.1, 0.15) is 5.56 Å². The predicted molar refractivity (Wildman–Crippen MR) is 78.5 cm³/mol. The topological polar surface area (TPSA) is 80.4 Å². The number of nitro groups is 1. The van der Waals surface area contributed by atoms with Gasteiger partial charge in [0.2, 0.25) is 0 Å². The first kappa shape index (κ1) is 13.4. The molecule has 0 bridgehead atoms. The molecule has 0 amide bonds. The van der Waals surface area contributed by atoms with Crippen LogP contribution in [0.3, 0.4) is 0 Å². The highest BCUT2D eigenvalue weighted by Gasteiger charge is 2.08. The van der Waals surface area contributed by atoms with Crippen LogP contribution in [0.15, 0.2) is 59.8 Å². The van der Waals surface area contributed by atoms with Gasteiger partial charge in [0.25, 0.3) is 5.69 Å². The first-order valence-electron chi connectivity index (χ1n) is 5.87. The fourth-order valence-corrected chi connectivity index (χ4v) is 1.52. The molecule has 0 saturated carbocycles. The zero-order valence-corrected chi connectivity index (χ0v) is 10.5. The zero-order valence-electron chi connectivity index (χ0n) is 10.5. The summed E-state index contributed by atoms with van der Waals surface area (Å²) in [5, 5.41) is 14.8. The molecule has 1 aromatic heterocycles. The fraction of sp³-hybridized carbons (Fsp3) is 0. The van der Waals surface area contributed by atoms with Crippen LogP contribution in [0.2, 0.25) is 0 Å². The Kier molecular flexibility index (Phi) is 4.55. The van der Waals surface area contributed by atoms with Gasteiger partial charge >= 0.3 is 0 Å². The minimum atomic E-state index is -0.414. The number of allylic oxidation sites excluding steroid dienone is 1. The number of hydrazone groups is 1. The summed E-state index contributed by atoms with van der Waals surface area (Å²) in [6.45, 7) is 0. The van der Waals surface area contributed by atoms with Crippen molar-refractivity contribution in [3.8, 4) is 0 Å². The monoisotopic (exact) mass is 268 g/mol. The van der Waals surface area contributed by atoms with E-state index in [1.54, 1.807) is 42.6 Å². The Morgan fingerprint density at radius 3 is 2.75 bits per heavy atom. The van der Waals surface area contributed by atoms with E-state index in [4.69, 9.17) is 0 Å². The number of nitrogens with zero attached hydrogens (tertiary/aromatic N) is 3. The normalized spacial score (nSPS) is 11.0. The van der Waals surface area contributed by atoms with Gasteiger partial charge in [-0.2, -0.15) is 5.10 Å². The number of nitro benzene ring substituents is 1. The van der Waals surface area contributed by atoms with Gasteiger partial charge in [-0.3, -0.25) is 15.5 Å². The maximum atomic E-state index is 10.8. The lowest BCUT2D eigenvalue weighted by Crippen LogP contribution is -1.91. The Bertz CT molecular complexity index is 639. The Morgan fingerprint density at radius 1 is 1.20 bits per heavy atom. The van der Waals surface area contributed by atoms with E-state index in [9.17, 15) is 10.1 Å². The molecule has 2 rings (SSSR count). The number of benzene rings is 1. The molecule has 2 aromatic rings. The molecule has 0 spiro atoms. The first-order valence-corrected chi connectivity index (χ1v) is 5.87. The summed E-state index contributed by atoms with van der Waals surface area (Å²) in [5.74, 6) is 0.628. The molecule has 0 unspecified atom stereocenters. The maximum Gasteiger partial charge on any atom is 0.276 e. The molecule has 20 heavy (non-hydrogen) atoms. The minimum Gasteiger partial charge on any atom is -0.261 e. The lowest BCUT2D eigenvalue weighted by atomic mass is 10.2. The van der Waals surface area contributed by atoms with Gasteiger partial charge in [0.15, 0.2) is 0 Å². The fourth-order valence-electron chi connectivity index (χ4n) is 1.52. The third-order valence-corrected chi connectivity index (χ3v) is 2.41. The van der Waals surface area contributed by atoms with Crippen molar-refractivity contribution >= 4 is 23.8 Å². The number of hydrogen-bond acceptors (Lipinski definition) is 5. The molecule has 6 heteroatoms. The third-order valence-electron chi connectivity index (χ3n) is 2.41. The summed E-state index contributed by atoms with van der Waals surface area (Å²) >= 11 is 0. The summed E-state index contributed by atoms with van der Waals surface area (Å²) < 4.78 is 0. The number of nitrogens with one attached hydrogen (secondary N) is 1. The number of aromatic nitrogens is 1. The lowest BCUT2D eigenvalue weighted by Gasteiger charge is -1.96. The van der Waals surface area contributed by atoms with Gasteiger partial charge < -0.3 is 0 Å². The van der Waals surface area contributed by atoms with Crippen molar-refractivity contribution in [2.75, 3.05) is 5.43 Å². The van der Waals surface area contributed by atoms with Gasteiger partial charge in [0.05, 0.1) is 10.5 Å². The Labute approximate surface area is 115 Å². The molecule has 6 nitrogen and oxygen atoms in total. The van der Waals surface area contributed by atoms with Crippen molar-refractivity contribution in [2.24, 2.45) is 5.10 Å². The number of pyridine rings is 1. The zero-order chi connectivity index (χ0) is 14.2.